The van der Waals surface area contributed by atoms with Gasteiger partial charge in [0.05, 0.1) is 28.5 Å². The molecule has 0 radical (unpaired) electrons. The summed E-state index contributed by atoms with van der Waals surface area (Å²) >= 11 is 1.76. The molecule has 5 nitrogen and oxygen atoms in total. The van der Waals surface area contributed by atoms with E-state index >= 15 is 0 Å². The third kappa shape index (κ3) is 11.7. The summed E-state index contributed by atoms with van der Waals surface area (Å²) in [6.45, 7) is 7.21. The second-order valence-corrected chi connectivity index (χ2v) is 17.2. The highest BCUT2D eigenvalue weighted by Crippen LogP contribution is 2.42. The van der Waals surface area contributed by atoms with Crippen LogP contribution in [0.3, 0.4) is 0 Å². The lowest BCUT2D eigenvalue weighted by molar-refractivity contribution is -0.0517. The number of alkyl halides is 3. The van der Waals surface area contributed by atoms with E-state index in [9.17, 15) is 13.2 Å². The minimum atomic E-state index is -6.09. The van der Waals surface area contributed by atoms with Gasteiger partial charge in [0.25, 0.3) is 0 Å². The lowest BCUT2D eigenvalue weighted by atomic mass is 10.0. The van der Waals surface area contributed by atoms with Gasteiger partial charge in [-0.05, 0) is 85.0 Å². The summed E-state index contributed by atoms with van der Waals surface area (Å²) in [4.78, 5) is 6.01. The molecule has 0 heterocycles. The minimum Gasteiger partial charge on any atom is -0.741 e. The van der Waals surface area contributed by atoms with Gasteiger partial charge in [-0.15, -0.1) is 0 Å². The average molecular weight is 817 g/mol. The zero-order valence-corrected chi connectivity index (χ0v) is 33.7. The Labute approximate surface area is 335 Å². The van der Waals surface area contributed by atoms with Crippen LogP contribution in [0, 0.1) is 0 Å². The van der Waals surface area contributed by atoms with Crippen LogP contribution in [0.15, 0.2) is 176 Å². The van der Waals surface area contributed by atoms with Crippen molar-refractivity contribution < 1.29 is 35.6 Å². The van der Waals surface area contributed by atoms with Gasteiger partial charge >= 0.3 is 5.51 Å². The lowest BCUT2D eigenvalue weighted by Gasteiger charge is -2.18. The Morgan fingerprint density at radius 3 is 1.75 bits per heavy atom. The molecule has 0 aliphatic rings. The van der Waals surface area contributed by atoms with E-state index in [1.807, 2.05) is 0 Å². The predicted molar refractivity (Wildman–Crippen MR) is 219 cm³/mol. The summed E-state index contributed by atoms with van der Waals surface area (Å²) in [6, 6.07) is 54.3. The quantitative estimate of drug-likeness (QED) is 0.0472. The van der Waals surface area contributed by atoms with E-state index in [1.54, 1.807) is 11.8 Å². The van der Waals surface area contributed by atoms with Crippen molar-refractivity contribution >= 4 is 32.8 Å². The average Bonchev–Trinajstić information content (AvgIpc) is 3.20. The number of hydrogen-bond donors (Lipinski definition) is 0. The van der Waals surface area contributed by atoms with Crippen molar-refractivity contribution in [3.63, 3.8) is 0 Å². The second kappa shape index (κ2) is 20.0. The van der Waals surface area contributed by atoms with Crippen molar-refractivity contribution in [3.05, 3.63) is 152 Å². The minimum absolute atomic E-state index is 0.109. The van der Waals surface area contributed by atoms with Gasteiger partial charge in [0, 0.05) is 22.6 Å². The molecule has 0 aliphatic heterocycles. The molecule has 2 atom stereocenters. The van der Waals surface area contributed by atoms with E-state index < -0.39 is 15.6 Å². The summed E-state index contributed by atoms with van der Waals surface area (Å²) in [7, 11) is -6.46. The van der Waals surface area contributed by atoms with Crippen LogP contribution in [0.4, 0.5) is 13.2 Å². The van der Waals surface area contributed by atoms with Gasteiger partial charge in [-0.25, -0.2) is 8.42 Å². The van der Waals surface area contributed by atoms with Crippen LogP contribution in [0.25, 0.3) is 22.3 Å². The molecule has 0 aromatic heterocycles. The van der Waals surface area contributed by atoms with Crippen LogP contribution in [0.1, 0.15) is 40.0 Å². The Bertz CT molecular complexity index is 2240. The molecule has 6 rings (SSSR count). The highest BCUT2D eigenvalue weighted by Gasteiger charge is 2.37. The molecule has 292 valence electrons. The summed E-state index contributed by atoms with van der Waals surface area (Å²) in [5.74, 6) is 1.86. The largest absolute Gasteiger partial charge is 0.741 e. The summed E-state index contributed by atoms with van der Waals surface area (Å²) < 4.78 is 72.0. The molecular formula is C45H43F3O5S3. The maximum Gasteiger partial charge on any atom is 0.485 e. The van der Waals surface area contributed by atoms with Gasteiger partial charge in [0.2, 0.25) is 0 Å². The summed E-state index contributed by atoms with van der Waals surface area (Å²) in [5, 5.41) is 0. The Hall–Kier alpha value is -4.68. The third-order valence-corrected chi connectivity index (χ3v) is 12.4. The van der Waals surface area contributed by atoms with Crippen LogP contribution in [-0.2, 0) is 21.0 Å². The number of benzene rings is 6. The molecular weight excluding hydrogens is 774 g/mol. The van der Waals surface area contributed by atoms with Gasteiger partial charge in [0.15, 0.2) is 24.8 Å². The smallest absolute Gasteiger partial charge is 0.485 e. The van der Waals surface area contributed by atoms with Gasteiger partial charge in [0.1, 0.15) is 11.5 Å². The molecule has 0 bridgehead atoms. The Morgan fingerprint density at radius 1 is 0.679 bits per heavy atom. The third-order valence-electron chi connectivity index (χ3n) is 8.53. The van der Waals surface area contributed by atoms with Crippen LogP contribution in [0.2, 0.25) is 0 Å². The highest BCUT2D eigenvalue weighted by molar-refractivity contribution is 7.99. The van der Waals surface area contributed by atoms with Gasteiger partial charge in [-0.1, -0.05) is 123 Å². The predicted octanol–water partition coefficient (Wildman–Crippen LogP) is 12.7. The zero-order valence-electron chi connectivity index (χ0n) is 31.2. The molecule has 0 fully saturated rings. The maximum absolute atomic E-state index is 10.7. The molecule has 56 heavy (non-hydrogen) atoms. The fourth-order valence-electron chi connectivity index (χ4n) is 5.46. The number of hydrogen-bond acceptors (Lipinski definition) is 6. The van der Waals surface area contributed by atoms with Gasteiger partial charge < -0.3 is 14.0 Å². The molecule has 11 heteroatoms. The normalized spacial score (nSPS) is 12.6. The molecule has 0 spiro atoms. The number of rotatable bonds is 14. The molecule has 0 aliphatic carbocycles. The summed E-state index contributed by atoms with van der Waals surface area (Å²) in [5.41, 5.74) is -0.926. The van der Waals surface area contributed by atoms with Crippen molar-refractivity contribution in [2.45, 2.75) is 76.1 Å². The van der Waals surface area contributed by atoms with E-state index in [2.05, 4.69) is 172 Å². The van der Waals surface area contributed by atoms with E-state index in [-0.39, 0.29) is 17.0 Å². The Kier molecular flexibility index (Phi) is 15.1. The highest BCUT2D eigenvalue weighted by atomic mass is 32.2. The van der Waals surface area contributed by atoms with Gasteiger partial charge in [-0.3, -0.25) is 0 Å². The molecule has 6 aromatic rings. The number of unbranched alkanes of at least 4 members (excludes halogenated alkanes) is 1. The Balaban J connectivity index is 0.000000677. The molecule has 0 saturated heterocycles. The van der Waals surface area contributed by atoms with Crippen LogP contribution in [-0.4, -0.2) is 31.2 Å². The standard InChI is InChI=1S/C44H43O2S2.CHF3O3S/c1-4-6-30-45-43-32-40(27-29-44(43)47-37-24-22-35(23-25-37)34-16-10-7-11-17-34)48(38-20-14-9-15-21-38)39-26-28-41(36-18-12-8-13-19-36)42(31-39)46-33(3)5-2;2-1(3,4)8(5,6)7/h7-29,31-33H,4-6,30H2,1-3H3;(H,5,6,7)/q+1;/p-1. The molecule has 0 saturated carbocycles. The summed E-state index contributed by atoms with van der Waals surface area (Å²) in [6.07, 6.45) is 3.15. The van der Waals surface area contributed by atoms with Crippen LogP contribution < -0.4 is 9.47 Å². The van der Waals surface area contributed by atoms with E-state index in [1.165, 1.54) is 30.7 Å². The van der Waals surface area contributed by atoms with E-state index in [0.29, 0.717) is 6.61 Å². The van der Waals surface area contributed by atoms with Crippen molar-refractivity contribution in [1.82, 2.24) is 0 Å². The molecule has 6 aromatic carbocycles. The first-order valence-electron chi connectivity index (χ1n) is 18.2. The first-order chi connectivity index (χ1) is 26.9. The number of ether oxygens (including phenoxy) is 2. The fourth-order valence-corrected chi connectivity index (χ4v) is 8.44. The van der Waals surface area contributed by atoms with Crippen molar-refractivity contribution in [3.8, 4) is 33.8 Å². The first-order valence-corrected chi connectivity index (χ1v) is 21.6. The molecule has 2 unspecified atom stereocenters. The maximum atomic E-state index is 10.7. The van der Waals surface area contributed by atoms with E-state index in [0.717, 1.165) is 46.8 Å². The first kappa shape index (κ1) is 42.5. The monoisotopic (exact) mass is 816 g/mol. The van der Waals surface area contributed by atoms with Crippen molar-refractivity contribution in [2.75, 3.05) is 6.61 Å². The topological polar surface area (TPSA) is 75.7 Å². The SMILES string of the molecule is CCCCOc1cc([S+](c2ccccc2)c2ccc(-c3ccccc3)c(OC(C)CC)c2)ccc1Sc1ccc(-c2ccccc2)cc1.O=S(=O)([O-])C(F)(F)F. The molecule has 0 amide bonds. The molecule has 0 N–H and O–H groups in total. The zero-order chi connectivity index (χ0) is 40.1. The van der Waals surface area contributed by atoms with Gasteiger partial charge in [-0.2, -0.15) is 13.2 Å². The van der Waals surface area contributed by atoms with Crippen molar-refractivity contribution in [2.24, 2.45) is 0 Å². The van der Waals surface area contributed by atoms with Crippen molar-refractivity contribution in [1.29, 1.82) is 0 Å². The lowest BCUT2D eigenvalue weighted by Crippen LogP contribution is -2.21. The van der Waals surface area contributed by atoms with E-state index in [4.69, 9.17) is 22.4 Å². The second-order valence-electron chi connectivity index (χ2n) is 12.7. The van der Waals surface area contributed by atoms with Crippen LogP contribution >= 0.6 is 11.8 Å². The fraction of sp³-hybridized carbons (Fsp3) is 0.200. The van der Waals surface area contributed by atoms with Crippen LogP contribution in [0.5, 0.6) is 11.5 Å². The number of halogens is 3. The Morgan fingerprint density at radius 2 is 1.20 bits per heavy atom.